The Labute approximate surface area is 127 Å². The first-order chi connectivity index (χ1) is 9.51. The fourth-order valence-corrected chi connectivity index (χ4v) is 2.92. The van der Waals surface area contributed by atoms with Crippen LogP contribution in [0.2, 0.25) is 5.02 Å². The zero-order valence-corrected chi connectivity index (χ0v) is 12.8. The molecule has 0 aromatic heterocycles. The van der Waals surface area contributed by atoms with Crippen LogP contribution in [0.25, 0.3) is 0 Å². The molecule has 0 amide bonds. The van der Waals surface area contributed by atoms with Gasteiger partial charge >= 0.3 is 0 Å². The molecule has 0 aliphatic carbocycles. The molecule has 2 rings (SSSR count). The number of aryl methyl sites for hydroxylation is 2. The lowest BCUT2D eigenvalue weighted by Crippen LogP contribution is -2.12. The second kappa shape index (κ2) is 6.20. The number of amidine groups is 1. The Morgan fingerprint density at radius 3 is 2.50 bits per heavy atom. The first-order valence-corrected chi connectivity index (χ1v) is 7.23. The SMILES string of the molecule is Cc1ccc(Sc2ccc(C(N)=NO)cc2Cl)cc1C. The van der Waals surface area contributed by atoms with Crippen molar-refractivity contribution in [2.24, 2.45) is 10.9 Å². The van der Waals surface area contributed by atoms with Gasteiger partial charge in [0.15, 0.2) is 5.84 Å². The van der Waals surface area contributed by atoms with Crippen LogP contribution in [-0.4, -0.2) is 11.0 Å². The summed E-state index contributed by atoms with van der Waals surface area (Å²) in [6.45, 7) is 4.17. The topological polar surface area (TPSA) is 58.6 Å². The van der Waals surface area contributed by atoms with Crippen molar-refractivity contribution in [1.82, 2.24) is 0 Å². The summed E-state index contributed by atoms with van der Waals surface area (Å²) in [6, 6.07) is 11.6. The van der Waals surface area contributed by atoms with Gasteiger partial charge in [-0.05, 0) is 55.3 Å². The van der Waals surface area contributed by atoms with Crippen LogP contribution in [0, 0.1) is 13.8 Å². The van der Waals surface area contributed by atoms with Crippen LogP contribution in [0.3, 0.4) is 0 Å². The van der Waals surface area contributed by atoms with Crippen molar-refractivity contribution < 1.29 is 5.21 Å². The molecule has 5 heteroatoms. The van der Waals surface area contributed by atoms with Crippen LogP contribution < -0.4 is 5.73 Å². The zero-order valence-electron chi connectivity index (χ0n) is 11.2. The van der Waals surface area contributed by atoms with Gasteiger partial charge in [0.2, 0.25) is 0 Å². The molecule has 0 saturated carbocycles. The molecule has 0 atom stereocenters. The number of rotatable bonds is 3. The molecular weight excluding hydrogens is 292 g/mol. The van der Waals surface area contributed by atoms with E-state index in [0.29, 0.717) is 10.6 Å². The van der Waals surface area contributed by atoms with Crippen molar-refractivity contribution in [3.05, 3.63) is 58.1 Å². The molecule has 3 N–H and O–H groups in total. The lowest BCUT2D eigenvalue weighted by molar-refractivity contribution is 0.318. The van der Waals surface area contributed by atoms with Gasteiger partial charge in [-0.1, -0.05) is 34.6 Å². The predicted octanol–water partition coefficient (Wildman–Crippen LogP) is 4.20. The number of hydrogen-bond acceptors (Lipinski definition) is 3. The number of nitrogens with zero attached hydrogens (tertiary/aromatic N) is 1. The highest BCUT2D eigenvalue weighted by atomic mass is 35.5. The Morgan fingerprint density at radius 2 is 1.90 bits per heavy atom. The van der Waals surface area contributed by atoms with Crippen molar-refractivity contribution >= 4 is 29.2 Å². The number of halogens is 1. The molecule has 0 bridgehead atoms. The summed E-state index contributed by atoms with van der Waals surface area (Å²) in [5.74, 6) is 0.0506. The molecule has 20 heavy (non-hydrogen) atoms. The monoisotopic (exact) mass is 306 g/mol. The highest BCUT2D eigenvalue weighted by Gasteiger charge is 2.07. The summed E-state index contributed by atoms with van der Waals surface area (Å²) in [5, 5.41) is 12.2. The van der Waals surface area contributed by atoms with Gasteiger partial charge in [0.05, 0.1) is 5.02 Å². The van der Waals surface area contributed by atoms with Gasteiger partial charge in [-0.3, -0.25) is 0 Å². The predicted molar refractivity (Wildman–Crippen MR) is 84.0 cm³/mol. The van der Waals surface area contributed by atoms with E-state index in [1.807, 2.05) is 6.07 Å². The molecular formula is C15H15ClN2OS. The standard InChI is InChI=1S/C15H15ClN2OS/c1-9-3-5-12(7-10(9)2)20-14-6-4-11(8-13(14)16)15(17)18-19/h3-8,19H,1-2H3,(H2,17,18). The number of oxime groups is 1. The van der Waals surface area contributed by atoms with Gasteiger partial charge in [-0.2, -0.15) is 0 Å². The van der Waals surface area contributed by atoms with Crippen molar-refractivity contribution in [3.8, 4) is 0 Å². The lowest BCUT2D eigenvalue weighted by atomic mass is 10.1. The van der Waals surface area contributed by atoms with E-state index in [0.717, 1.165) is 9.79 Å². The van der Waals surface area contributed by atoms with Crippen molar-refractivity contribution in [2.45, 2.75) is 23.6 Å². The molecule has 0 unspecified atom stereocenters. The van der Waals surface area contributed by atoms with Crippen LogP contribution >= 0.6 is 23.4 Å². The Morgan fingerprint density at radius 1 is 1.15 bits per heavy atom. The Balaban J connectivity index is 2.28. The molecule has 3 nitrogen and oxygen atoms in total. The molecule has 104 valence electrons. The summed E-state index contributed by atoms with van der Waals surface area (Å²) < 4.78 is 0. The fraction of sp³-hybridized carbons (Fsp3) is 0.133. The van der Waals surface area contributed by atoms with E-state index in [4.69, 9.17) is 22.5 Å². The molecule has 0 spiro atoms. The lowest BCUT2D eigenvalue weighted by Gasteiger charge is -2.08. The van der Waals surface area contributed by atoms with E-state index < -0.39 is 0 Å². The second-order valence-corrected chi connectivity index (χ2v) is 6.00. The van der Waals surface area contributed by atoms with E-state index in [9.17, 15) is 0 Å². The normalized spacial score (nSPS) is 11.7. The van der Waals surface area contributed by atoms with Crippen molar-refractivity contribution in [3.63, 3.8) is 0 Å². The number of benzene rings is 2. The molecule has 0 radical (unpaired) electrons. The number of hydrogen-bond donors (Lipinski definition) is 2. The van der Waals surface area contributed by atoms with E-state index in [1.165, 1.54) is 11.1 Å². The molecule has 0 aliphatic rings. The van der Waals surface area contributed by atoms with Crippen LogP contribution in [-0.2, 0) is 0 Å². The fourth-order valence-electron chi connectivity index (χ4n) is 1.71. The summed E-state index contributed by atoms with van der Waals surface area (Å²) in [5.41, 5.74) is 8.65. The number of nitrogens with two attached hydrogens (primary N) is 1. The Hall–Kier alpha value is -1.65. The molecule has 0 aliphatic heterocycles. The van der Waals surface area contributed by atoms with Gasteiger partial charge in [0.25, 0.3) is 0 Å². The Kier molecular flexibility index (Phi) is 4.57. The molecule has 2 aromatic rings. The van der Waals surface area contributed by atoms with Gasteiger partial charge < -0.3 is 10.9 Å². The van der Waals surface area contributed by atoms with Crippen LogP contribution in [0.1, 0.15) is 16.7 Å². The minimum absolute atomic E-state index is 0.0506. The van der Waals surface area contributed by atoms with Gasteiger partial charge in [0.1, 0.15) is 0 Å². The first kappa shape index (κ1) is 14.8. The molecule has 0 saturated heterocycles. The highest BCUT2D eigenvalue weighted by molar-refractivity contribution is 7.99. The average molecular weight is 307 g/mol. The van der Waals surface area contributed by atoms with E-state index in [2.05, 4.69) is 37.2 Å². The van der Waals surface area contributed by atoms with Gasteiger partial charge in [-0.15, -0.1) is 0 Å². The van der Waals surface area contributed by atoms with Crippen molar-refractivity contribution in [1.29, 1.82) is 0 Å². The largest absolute Gasteiger partial charge is 0.409 e. The maximum absolute atomic E-state index is 8.65. The van der Waals surface area contributed by atoms with E-state index in [-0.39, 0.29) is 5.84 Å². The minimum atomic E-state index is 0.0506. The second-order valence-electron chi connectivity index (χ2n) is 4.48. The van der Waals surface area contributed by atoms with Crippen LogP contribution in [0.15, 0.2) is 51.3 Å². The zero-order chi connectivity index (χ0) is 14.7. The Bertz CT molecular complexity index is 671. The third-order valence-corrected chi connectivity index (χ3v) is 4.53. The maximum Gasteiger partial charge on any atom is 0.170 e. The van der Waals surface area contributed by atoms with Crippen molar-refractivity contribution in [2.75, 3.05) is 0 Å². The van der Waals surface area contributed by atoms with E-state index >= 15 is 0 Å². The molecule has 0 fully saturated rings. The smallest absolute Gasteiger partial charge is 0.170 e. The molecule has 0 heterocycles. The summed E-state index contributed by atoms with van der Waals surface area (Å²) in [6.07, 6.45) is 0. The third-order valence-electron chi connectivity index (χ3n) is 3.04. The first-order valence-electron chi connectivity index (χ1n) is 6.04. The minimum Gasteiger partial charge on any atom is -0.409 e. The van der Waals surface area contributed by atoms with Crippen LogP contribution in [0.4, 0.5) is 0 Å². The highest BCUT2D eigenvalue weighted by Crippen LogP contribution is 2.34. The van der Waals surface area contributed by atoms with Crippen LogP contribution in [0.5, 0.6) is 0 Å². The quantitative estimate of drug-likeness (QED) is 0.387. The van der Waals surface area contributed by atoms with E-state index in [1.54, 1.807) is 23.9 Å². The maximum atomic E-state index is 8.65. The van der Waals surface area contributed by atoms with Gasteiger partial charge in [0, 0.05) is 15.4 Å². The summed E-state index contributed by atoms with van der Waals surface area (Å²) in [7, 11) is 0. The van der Waals surface area contributed by atoms with Gasteiger partial charge in [-0.25, -0.2) is 0 Å². The third kappa shape index (κ3) is 3.26. The average Bonchev–Trinajstić information content (AvgIpc) is 2.44. The summed E-state index contributed by atoms with van der Waals surface area (Å²) >= 11 is 7.83. The molecule has 2 aromatic carbocycles. The summed E-state index contributed by atoms with van der Waals surface area (Å²) in [4.78, 5) is 2.07.